The van der Waals surface area contributed by atoms with Crippen molar-refractivity contribution in [1.82, 2.24) is 9.47 Å². The average molecular weight is 464 g/mol. The topological polar surface area (TPSA) is 45.6 Å². The summed E-state index contributed by atoms with van der Waals surface area (Å²) in [5, 5.41) is 0. The predicted octanol–water partition coefficient (Wildman–Crippen LogP) is 5.77. The van der Waals surface area contributed by atoms with Crippen LogP contribution in [0.5, 0.6) is 0 Å². The molecule has 1 unspecified atom stereocenters. The minimum Gasteiger partial charge on any atom is -0.327 e. The van der Waals surface area contributed by atoms with Gasteiger partial charge >= 0.3 is 0 Å². The molecule has 0 bridgehead atoms. The van der Waals surface area contributed by atoms with E-state index in [9.17, 15) is 9.59 Å². The maximum atomic E-state index is 14.1. The highest BCUT2D eigenvalue weighted by molar-refractivity contribution is 6.03. The van der Waals surface area contributed by atoms with Crippen molar-refractivity contribution >= 4 is 17.5 Å². The number of hydrogen-bond acceptors (Lipinski definition) is 2. The third kappa shape index (κ3) is 4.03. The average Bonchev–Trinajstić information content (AvgIpc) is 3.36. The number of aryl methyl sites for hydroxylation is 1. The van der Waals surface area contributed by atoms with Gasteiger partial charge in [-0.05, 0) is 62.2 Å². The lowest BCUT2D eigenvalue weighted by atomic mass is 9.97. The van der Waals surface area contributed by atoms with Crippen LogP contribution in [-0.2, 0) is 4.79 Å². The molecule has 1 aromatic heterocycles. The van der Waals surface area contributed by atoms with E-state index in [0.717, 1.165) is 28.2 Å². The Morgan fingerprint density at radius 1 is 0.829 bits per heavy atom. The van der Waals surface area contributed by atoms with Crippen molar-refractivity contribution in [2.24, 2.45) is 0 Å². The van der Waals surface area contributed by atoms with E-state index >= 15 is 0 Å². The summed E-state index contributed by atoms with van der Waals surface area (Å²) in [7, 11) is 0. The lowest BCUT2D eigenvalue weighted by molar-refractivity contribution is -0.120. The Morgan fingerprint density at radius 2 is 1.49 bits per heavy atom. The van der Waals surface area contributed by atoms with Gasteiger partial charge in [0, 0.05) is 17.8 Å². The first-order valence-electron chi connectivity index (χ1n) is 12.0. The maximum Gasteiger partial charge on any atom is 0.254 e. The Morgan fingerprint density at radius 3 is 2.20 bits per heavy atom. The molecule has 5 nitrogen and oxygen atoms in total. The monoisotopic (exact) mass is 463 g/mol. The van der Waals surface area contributed by atoms with E-state index in [-0.39, 0.29) is 30.4 Å². The van der Waals surface area contributed by atoms with Crippen molar-refractivity contribution in [2.45, 2.75) is 32.9 Å². The van der Waals surface area contributed by atoms with Crippen molar-refractivity contribution in [1.29, 1.82) is 0 Å². The highest BCUT2D eigenvalue weighted by Gasteiger charge is 2.37. The Labute approximate surface area is 206 Å². The molecule has 1 aliphatic heterocycles. The van der Waals surface area contributed by atoms with E-state index < -0.39 is 0 Å². The minimum atomic E-state index is -0.295. The van der Waals surface area contributed by atoms with Gasteiger partial charge in [0.2, 0.25) is 5.91 Å². The van der Waals surface area contributed by atoms with Crippen LogP contribution >= 0.6 is 0 Å². The number of benzene rings is 3. The molecule has 1 aliphatic rings. The fourth-order valence-corrected chi connectivity index (χ4v) is 4.89. The van der Waals surface area contributed by atoms with Crippen molar-refractivity contribution in [3.05, 3.63) is 120 Å². The van der Waals surface area contributed by atoms with Crippen LogP contribution in [0.25, 0.3) is 5.69 Å². The summed E-state index contributed by atoms with van der Waals surface area (Å²) in [6, 6.07) is 29.2. The number of rotatable bonds is 5. The minimum absolute atomic E-state index is 0.0107. The normalized spacial score (nSPS) is 14.4. The number of hydrogen-bond donors (Lipinski definition) is 0. The zero-order chi connectivity index (χ0) is 24.5. The summed E-state index contributed by atoms with van der Waals surface area (Å²) in [6.07, 6.45) is 2.04. The van der Waals surface area contributed by atoms with E-state index in [1.54, 1.807) is 4.90 Å². The number of carbonyl (C=O) groups is 2. The molecule has 0 saturated heterocycles. The van der Waals surface area contributed by atoms with Gasteiger partial charge in [0.1, 0.15) is 12.6 Å². The number of amides is 2. The van der Waals surface area contributed by atoms with Gasteiger partial charge < -0.3 is 9.47 Å². The zero-order valence-corrected chi connectivity index (χ0v) is 20.3. The van der Waals surface area contributed by atoms with Gasteiger partial charge in [-0.1, -0.05) is 60.7 Å². The van der Waals surface area contributed by atoms with Crippen LogP contribution in [0.15, 0.2) is 97.2 Å². The van der Waals surface area contributed by atoms with Crippen LogP contribution < -0.4 is 4.90 Å². The summed E-state index contributed by atoms with van der Waals surface area (Å²) in [5.41, 5.74) is 5.36. The molecule has 1 atom stereocenters. The van der Waals surface area contributed by atoms with Gasteiger partial charge in [0.05, 0.1) is 17.1 Å². The van der Waals surface area contributed by atoms with Crippen molar-refractivity contribution in [3.63, 3.8) is 0 Å². The molecule has 35 heavy (non-hydrogen) atoms. The Balaban J connectivity index is 1.57. The van der Waals surface area contributed by atoms with Gasteiger partial charge in [0.25, 0.3) is 5.91 Å². The molecule has 0 aliphatic carbocycles. The number of anilines is 1. The second-order valence-electron chi connectivity index (χ2n) is 9.21. The van der Waals surface area contributed by atoms with E-state index in [1.807, 2.05) is 105 Å². The molecular formula is C30H29N3O2. The lowest BCUT2D eigenvalue weighted by Gasteiger charge is -2.40. The molecule has 3 aromatic carbocycles. The SMILES string of the molecule is Cc1ccccc1C(=O)N(CC(=O)N1c2ccccc2-n2cccc2C1c1ccccc1)C(C)C. The van der Waals surface area contributed by atoms with E-state index in [0.29, 0.717) is 5.56 Å². The third-order valence-corrected chi connectivity index (χ3v) is 6.67. The Kier molecular flexibility index (Phi) is 6.00. The number of para-hydroxylation sites is 2. The Bertz CT molecular complexity index is 1370. The van der Waals surface area contributed by atoms with Crippen molar-refractivity contribution in [3.8, 4) is 5.69 Å². The first-order chi connectivity index (χ1) is 17.0. The van der Waals surface area contributed by atoms with Crippen LogP contribution in [-0.4, -0.2) is 33.9 Å². The van der Waals surface area contributed by atoms with Crippen LogP contribution in [0.3, 0.4) is 0 Å². The van der Waals surface area contributed by atoms with Crippen LogP contribution in [0, 0.1) is 6.92 Å². The molecule has 0 fully saturated rings. The number of carbonyl (C=O) groups excluding carboxylic acids is 2. The molecule has 2 amide bonds. The van der Waals surface area contributed by atoms with Gasteiger partial charge in [-0.25, -0.2) is 0 Å². The molecule has 0 N–H and O–H groups in total. The standard InChI is InChI=1S/C30H29N3O2/c1-21(2)32(30(35)24-15-8-7-12-22(24)3)20-28(34)33-26-17-10-9-16-25(26)31-19-11-18-27(31)29(33)23-13-5-4-6-14-23/h4-19,21,29H,20H2,1-3H3. The van der Waals surface area contributed by atoms with Crippen molar-refractivity contribution < 1.29 is 9.59 Å². The first-order valence-corrected chi connectivity index (χ1v) is 12.0. The second-order valence-corrected chi connectivity index (χ2v) is 9.21. The molecule has 0 spiro atoms. The smallest absolute Gasteiger partial charge is 0.254 e. The quantitative estimate of drug-likeness (QED) is 0.377. The molecular weight excluding hydrogens is 434 g/mol. The highest BCUT2D eigenvalue weighted by atomic mass is 16.2. The third-order valence-electron chi connectivity index (χ3n) is 6.67. The van der Waals surface area contributed by atoms with Crippen LogP contribution in [0.1, 0.15) is 47.1 Å². The largest absolute Gasteiger partial charge is 0.327 e. The summed E-state index contributed by atoms with van der Waals surface area (Å²) in [4.78, 5) is 31.2. The maximum absolute atomic E-state index is 14.1. The van der Waals surface area contributed by atoms with Crippen LogP contribution in [0.4, 0.5) is 5.69 Å². The van der Waals surface area contributed by atoms with Gasteiger partial charge in [-0.3, -0.25) is 14.5 Å². The first kappa shape index (κ1) is 22.7. The van der Waals surface area contributed by atoms with Gasteiger partial charge in [-0.15, -0.1) is 0 Å². The second kappa shape index (κ2) is 9.26. The highest BCUT2D eigenvalue weighted by Crippen LogP contribution is 2.42. The van der Waals surface area contributed by atoms with E-state index in [4.69, 9.17) is 0 Å². The summed E-state index contributed by atoms with van der Waals surface area (Å²) in [5.74, 6) is -0.245. The molecule has 2 heterocycles. The molecule has 0 radical (unpaired) electrons. The summed E-state index contributed by atoms with van der Waals surface area (Å²) in [6.45, 7) is 5.82. The number of nitrogens with zero attached hydrogens (tertiary/aromatic N) is 3. The Hall–Kier alpha value is -4.12. The van der Waals surface area contributed by atoms with Crippen molar-refractivity contribution in [2.75, 3.05) is 11.4 Å². The van der Waals surface area contributed by atoms with E-state index in [1.165, 1.54) is 0 Å². The lowest BCUT2D eigenvalue weighted by Crippen LogP contribution is -2.48. The molecule has 4 aromatic rings. The predicted molar refractivity (Wildman–Crippen MR) is 139 cm³/mol. The molecule has 0 saturated carbocycles. The van der Waals surface area contributed by atoms with Gasteiger partial charge in [0.15, 0.2) is 0 Å². The number of aromatic nitrogens is 1. The summed E-state index contributed by atoms with van der Waals surface area (Å²) >= 11 is 0. The zero-order valence-electron chi connectivity index (χ0n) is 20.3. The fraction of sp³-hybridized carbons (Fsp3) is 0.200. The van der Waals surface area contributed by atoms with Gasteiger partial charge in [-0.2, -0.15) is 0 Å². The molecule has 176 valence electrons. The fourth-order valence-electron chi connectivity index (χ4n) is 4.89. The summed E-state index contributed by atoms with van der Waals surface area (Å²) < 4.78 is 2.15. The molecule has 5 rings (SSSR count). The van der Waals surface area contributed by atoms with Crippen LogP contribution in [0.2, 0.25) is 0 Å². The molecule has 5 heteroatoms. The van der Waals surface area contributed by atoms with E-state index in [2.05, 4.69) is 22.8 Å². The number of fused-ring (bicyclic) bond motifs is 3.